The van der Waals surface area contributed by atoms with Gasteiger partial charge in [0.2, 0.25) is 0 Å². The number of pyridine rings is 2. The lowest BCUT2D eigenvalue weighted by molar-refractivity contribution is 0.774. The molecule has 0 saturated carbocycles. The van der Waals surface area contributed by atoms with Crippen LogP contribution in [-0.4, -0.2) is 40.1 Å². The minimum Gasteiger partial charge on any atom is -0.265 e. The van der Waals surface area contributed by atoms with Gasteiger partial charge in [-0.25, -0.2) is 9.97 Å². The first kappa shape index (κ1) is 56.1. The van der Waals surface area contributed by atoms with Crippen LogP contribution in [-0.2, 0) is 0 Å². The highest BCUT2D eigenvalue weighted by Gasteiger charge is 1.99. The Kier molecular flexibility index (Phi) is 33.5. The first-order valence-corrected chi connectivity index (χ1v) is 19.0. The molecule has 0 saturated heterocycles. The molecule has 0 aliphatic rings. The summed E-state index contributed by atoms with van der Waals surface area (Å²) >= 11 is 0. The number of hydrogen-bond donors (Lipinski definition) is 0. The van der Waals surface area contributed by atoms with E-state index in [0.29, 0.717) is 35.5 Å². The van der Waals surface area contributed by atoms with Crippen molar-refractivity contribution < 1.29 is 0 Å². The lowest BCUT2D eigenvalue weighted by Crippen LogP contribution is -1.93. The summed E-state index contributed by atoms with van der Waals surface area (Å²) in [5.74, 6) is 4.14. The zero-order valence-electron chi connectivity index (χ0n) is 34.7. The second-order valence-corrected chi connectivity index (χ2v) is 14.3. The number of rotatable bonds is 6. The Morgan fingerprint density at radius 2 is 0.825 bits per heavy atom. The molecule has 5 heterocycles. The fourth-order valence-corrected chi connectivity index (χ4v) is 4.14. The van der Waals surface area contributed by atoms with Crippen LogP contribution in [0, 0.1) is 0 Å². The summed E-state index contributed by atoms with van der Waals surface area (Å²) in [5.41, 5.74) is 6.04. The largest absolute Gasteiger partial charge is 0.265 e. The van der Waals surface area contributed by atoms with Gasteiger partial charge in [0.1, 0.15) is 5.82 Å². The average Bonchev–Trinajstić information content (AvgIpc) is 3.21. The third kappa shape index (κ3) is 27.1. The van der Waals surface area contributed by atoms with E-state index in [1.807, 2.05) is 73.2 Å². The van der Waals surface area contributed by atoms with Gasteiger partial charge in [-0.05, 0) is 83.2 Å². The van der Waals surface area contributed by atoms with E-state index in [1.54, 1.807) is 37.2 Å². The van der Waals surface area contributed by atoms with E-state index >= 15 is 0 Å². The molecule has 0 aliphatic carbocycles. The Hall–Kier alpha value is -5.24. The van der Waals surface area contributed by atoms with Gasteiger partial charge in [-0.2, -0.15) is 10.2 Å². The van der Waals surface area contributed by atoms with Crippen molar-refractivity contribution in [3.05, 3.63) is 169 Å². The monoisotopic (exact) mass is 777 g/mol. The molecule has 8 nitrogen and oxygen atoms in total. The molecule has 0 fully saturated rings. The van der Waals surface area contributed by atoms with Crippen molar-refractivity contribution in [1.82, 2.24) is 40.1 Å². The molecule has 8 heteroatoms. The molecule has 0 spiro atoms. The zero-order valence-corrected chi connectivity index (χ0v) is 34.7. The molecule has 312 valence electrons. The van der Waals surface area contributed by atoms with Crippen molar-refractivity contribution in [2.75, 3.05) is 0 Å². The fourth-order valence-electron chi connectivity index (χ4n) is 4.14. The van der Waals surface area contributed by atoms with Crippen LogP contribution in [0.2, 0.25) is 0 Å². The topological polar surface area (TPSA) is 103 Å². The van der Waals surface area contributed by atoms with E-state index in [9.17, 15) is 0 Å². The number of nitrogens with zero attached hydrogens (tertiary/aromatic N) is 8. The summed E-state index contributed by atoms with van der Waals surface area (Å²) in [6, 6.07) is 26.3. The summed E-state index contributed by atoms with van der Waals surface area (Å²) in [7, 11) is 0. The Balaban J connectivity index is -0.000000607. The molecule has 6 rings (SSSR count). The Bertz CT molecular complexity index is 1350. The van der Waals surface area contributed by atoms with Gasteiger partial charge in [-0.1, -0.05) is 142 Å². The average molecular weight is 777 g/mol. The highest BCUT2D eigenvalue weighted by atomic mass is 15.1. The number of benzene rings is 1. The lowest BCUT2D eigenvalue weighted by Gasteiger charge is -2.01. The smallest absolute Gasteiger partial charge is 0.130 e. The van der Waals surface area contributed by atoms with E-state index in [-0.39, 0.29) is 22.3 Å². The van der Waals surface area contributed by atoms with E-state index < -0.39 is 0 Å². The first-order valence-electron chi connectivity index (χ1n) is 19.0. The molecule has 0 unspecified atom stereocenters. The van der Waals surface area contributed by atoms with Gasteiger partial charge >= 0.3 is 0 Å². The molecule has 0 atom stereocenters. The van der Waals surface area contributed by atoms with Crippen LogP contribution >= 0.6 is 0 Å². The van der Waals surface area contributed by atoms with Crippen molar-refractivity contribution in [3.8, 4) is 0 Å². The predicted octanol–water partition coefficient (Wildman–Crippen LogP) is 13.9. The molecule has 6 aromatic rings. The van der Waals surface area contributed by atoms with Crippen molar-refractivity contribution in [1.29, 1.82) is 0 Å². The Labute approximate surface area is 348 Å². The molecule has 0 amide bonds. The fraction of sp³-hybridized carbons (Fsp3) is 0.429. The van der Waals surface area contributed by atoms with Gasteiger partial charge in [0.05, 0.1) is 11.4 Å². The van der Waals surface area contributed by atoms with Crippen LogP contribution in [0.5, 0.6) is 0 Å². The quantitative estimate of drug-likeness (QED) is 0.165. The highest BCUT2D eigenvalue weighted by Crippen LogP contribution is 2.13. The highest BCUT2D eigenvalue weighted by molar-refractivity contribution is 5.17. The Morgan fingerprint density at radius 3 is 1.14 bits per heavy atom. The van der Waals surface area contributed by atoms with Crippen LogP contribution < -0.4 is 0 Å². The van der Waals surface area contributed by atoms with Crippen molar-refractivity contribution in [3.63, 3.8) is 0 Å². The third-order valence-corrected chi connectivity index (χ3v) is 7.58. The van der Waals surface area contributed by atoms with Crippen LogP contribution in [0.4, 0.5) is 0 Å². The van der Waals surface area contributed by atoms with Gasteiger partial charge in [-0.3, -0.25) is 19.9 Å². The van der Waals surface area contributed by atoms with Gasteiger partial charge in [0, 0.05) is 67.4 Å². The molecule has 1 aromatic carbocycles. The van der Waals surface area contributed by atoms with Gasteiger partial charge in [0.15, 0.2) is 0 Å². The van der Waals surface area contributed by atoms with Gasteiger partial charge in [0.25, 0.3) is 0 Å². The first-order chi connectivity index (χ1) is 25.8. The maximum Gasteiger partial charge on any atom is 0.130 e. The molecule has 0 radical (unpaired) electrons. The van der Waals surface area contributed by atoms with E-state index in [2.05, 4.69) is 147 Å². The number of aromatic nitrogens is 8. The second kappa shape index (κ2) is 34.0. The molecule has 0 bridgehead atoms. The molecule has 0 N–H and O–H groups in total. The van der Waals surface area contributed by atoms with E-state index in [4.69, 9.17) is 0 Å². The summed E-state index contributed by atoms with van der Waals surface area (Å²) in [4.78, 5) is 24.3. The molecule has 57 heavy (non-hydrogen) atoms. The van der Waals surface area contributed by atoms with Crippen LogP contribution in [0.25, 0.3) is 0 Å². The van der Waals surface area contributed by atoms with Crippen LogP contribution in [0.3, 0.4) is 0 Å². The molecular weight excluding hydrogens is 701 g/mol. The summed E-state index contributed by atoms with van der Waals surface area (Å²) in [6.07, 6.45) is 15.9. The third-order valence-electron chi connectivity index (χ3n) is 7.58. The molecule has 0 aliphatic heterocycles. The normalized spacial score (nSPS) is 9.58. The summed E-state index contributed by atoms with van der Waals surface area (Å²) in [5, 5.41) is 7.68. The summed E-state index contributed by atoms with van der Waals surface area (Å²) < 4.78 is 0. The minimum atomic E-state index is 0. The van der Waals surface area contributed by atoms with Crippen molar-refractivity contribution in [2.24, 2.45) is 0 Å². The predicted molar refractivity (Wildman–Crippen MR) is 246 cm³/mol. The zero-order chi connectivity index (χ0) is 40.1. The van der Waals surface area contributed by atoms with Crippen LogP contribution in [0.1, 0.15) is 175 Å². The van der Waals surface area contributed by atoms with Gasteiger partial charge < -0.3 is 0 Å². The van der Waals surface area contributed by atoms with Gasteiger partial charge in [-0.15, -0.1) is 0 Å². The van der Waals surface area contributed by atoms with Crippen LogP contribution in [0.15, 0.2) is 135 Å². The van der Waals surface area contributed by atoms with E-state index in [1.165, 1.54) is 11.1 Å². The van der Waals surface area contributed by atoms with E-state index in [0.717, 1.165) is 22.9 Å². The maximum atomic E-state index is 4.18. The van der Waals surface area contributed by atoms with Crippen molar-refractivity contribution in [2.45, 2.75) is 141 Å². The minimum absolute atomic E-state index is 0. The molecule has 5 aromatic heterocycles. The second-order valence-electron chi connectivity index (χ2n) is 14.3. The SMILES string of the molecule is C.C.C.CC(C)c1ccccc1.CC(C)c1ccccn1.CC(C)c1cccnn1.CC(C)c1ccncc1.CC(C)c1cnccn1.CC(C)c1ncccn1. The number of hydrogen-bond acceptors (Lipinski definition) is 8. The standard InChI is InChI=1S/C9H12.2C8H11N.3C7H10N2.3CH4/c1-8(2)9-6-4-3-5-7-9;1-7(2)8-3-5-9-6-4-8;1-7(2)8-5-3-4-6-9-8;1-6(2)7-5-8-3-4-9-7;1-6(2)7-8-4-3-5-9-7;1-6(2)7-4-3-5-8-9-7;;;/h3-8H,1-2H3;2*3-7H,1-2H3;3*3-6H,1-2H3;3*1H4. The lowest BCUT2D eigenvalue weighted by atomic mass is 10.0. The maximum absolute atomic E-state index is 4.18. The van der Waals surface area contributed by atoms with Crippen molar-refractivity contribution >= 4 is 0 Å². The Morgan fingerprint density at radius 1 is 0.333 bits per heavy atom. The molecular formula is C49H76N8. The summed E-state index contributed by atoms with van der Waals surface area (Å²) in [6.45, 7) is 25.6.